The molecular formula is C15H23. The SMILES string of the molecule is CCCC[CH]c1ccccc1CC(C)C. The van der Waals surface area contributed by atoms with Gasteiger partial charge in [-0.1, -0.05) is 57.9 Å². The van der Waals surface area contributed by atoms with E-state index in [1.807, 2.05) is 0 Å². The van der Waals surface area contributed by atoms with Crippen LogP contribution in [-0.2, 0) is 6.42 Å². The Labute approximate surface area is 94.7 Å². The van der Waals surface area contributed by atoms with Crippen molar-refractivity contribution in [2.75, 3.05) is 0 Å². The van der Waals surface area contributed by atoms with Crippen molar-refractivity contribution in [1.82, 2.24) is 0 Å². The molecule has 1 aromatic rings. The van der Waals surface area contributed by atoms with Gasteiger partial charge in [0.2, 0.25) is 0 Å². The normalized spacial score (nSPS) is 10.9. The minimum Gasteiger partial charge on any atom is -0.0654 e. The van der Waals surface area contributed by atoms with Crippen LogP contribution in [-0.4, -0.2) is 0 Å². The molecule has 1 rings (SSSR count). The molecule has 83 valence electrons. The minimum absolute atomic E-state index is 0.741. The molecule has 0 N–H and O–H groups in total. The van der Waals surface area contributed by atoms with Crippen LogP contribution in [0, 0.1) is 12.3 Å². The summed E-state index contributed by atoms with van der Waals surface area (Å²) in [5.41, 5.74) is 2.95. The van der Waals surface area contributed by atoms with E-state index < -0.39 is 0 Å². The summed E-state index contributed by atoms with van der Waals surface area (Å²) in [7, 11) is 0. The van der Waals surface area contributed by atoms with Crippen molar-refractivity contribution in [3.05, 3.63) is 41.8 Å². The topological polar surface area (TPSA) is 0 Å². The summed E-state index contributed by atoms with van der Waals surface area (Å²) >= 11 is 0. The van der Waals surface area contributed by atoms with Crippen LogP contribution in [0.4, 0.5) is 0 Å². The molecule has 1 aromatic carbocycles. The molecule has 0 bridgehead atoms. The van der Waals surface area contributed by atoms with Gasteiger partial charge in [0.25, 0.3) is 0 Å². The highest BCUT2D eigenvalue weighted by molar-refractivity contribution is 5.33. The summed E-state index contributed by atoms with van der Waals surface area (Å²) in [4.78, 5) is 0. The Bertz CT molecular complexity index is 273. The zero-order valence-corrected chi connectivity index (χ0v) is 10.3. The molecule has 1 radical (unpaired) electrons. The molecule has 0 saturated carbocycles. The fourth-order valence-corrected chi connectivity index (χ4v) is 1.82. The standard InChI is InChI=1S/C15H23/c1-4-5-6-9-14-10-7-8-11-15(14)12-13(2)3/h7-11,13H,4-6,12H2,1-3H3. The lowest BCUT2D eigenvalue weighted by Gasteiger charge is -2.10. The lowest BCUT2D eigenvalue weighted by atomic mass is 9.95. The maximum atomic E-state index is 2.39. The van der Waals surface area contributed by atoms with E-state index in [9.17, 15) is 0 Å². The smallest absolute Gasteiger partial charge is 0.00903 e. The first-order valence-corrected chi connectivity index (χ1v) is 6.15. The molecule has 0 fully saturated rings. The third-order valence-corrected chi connectivity index (χ3v) is 2.61. The van der Waals surface area contributed by atoms with Crippen LogP contribution >= 0.6 is 0 Å². The minimum atomic E-state index is 0.741. The molecule has 0 unspecified atom stereocenters. The molecule has 0 aliphatic carbocycles. The Kier molecular flexibility index (Phi) is 5.45. The summed E-state index contributed by atoms with van der Waals surface area (Å²) in [6.45, 7) is 6.81. The van der Waals surface area contributed by atoms with Gasteiger partial charge in [-0.05, 0) is 36.3 Å². The summed E-state index contributed by atoms with van der Waals surface area (Å²) in [5, 5.41) is 0. The molecule has 0 aromatic heterocycles. The highest BCUT2D eigenvalue weighted by Gasteiger charge is 2.03. The first kappa shape index (κ1) is 12.3. The van der Waals surface area contributed by atoms with Gasteiger partial charge < -0.3 is 0 Å². The second kappa shape index (κ2) is 6.66. The second-order valence-electron chi connectivity index (χ2n) is 4.64. The highest BCUT2D eigenvalue weighted by Crippen LogP contribution is 2.17. The van der Waals surface area contributed by atoms with Crippen LogP contribution in [0.1, 0.15) is 51.2 Å². The molecule has 0 amide bonds. The van der Waals surface area contributed by atoms with E-state index in [-0.39, 0.29) is 0 Å². The molecule has 0 heterocycles. The van der Waals surface area contributed by atoms with Crippen molar-refractivity contribution < 1.29 is 0 Å². The van der Waals surface area contributed by atoms with Gasteiger partial charge in [0.05, 0.1) is 0 Å². The van der Waals surface area contributed by atoms with Crippen molar-refractivity contribution in [2.45, 2.75) is 46.5 Å². The quantitative estimate of drug-likeness (QED) is 0.591. The molecule has 0 nitrogen and oxygen atoms in total. The van der Waals surface area contributed by atoms with Gasteiger partial charge in [0.15, 0.2) is 0 Å². The van der Waals surface area contributed by atoms with E-state index in [1.54, 1.807) is 0 Å². The monoisotopic (exact) mass is 203 g/mol. The maximum absolute atomic E-state index is 2.39. The van der Waals surface area contributed by atoms with Gasteiger partial charge in [0, 0.05) is 0 Å². The van der Waals surface area contributed by atoms with Crippen molar-refractivity contribution >= 4 is 0 Å². The van der Waals surface area contributed by atoms with Gasteiger partial charge >= 0.3 is 0 Å². The molecule has 15 heavy (non-hydrogen) atoms. The van der Waals surface area contributed by atoms with Crippen LogP contribution in [0.2, 0.25) is 0 Å². The van der Waals surface area contributed by atoms with E-state index in [1.165, 1.54) is 36.8 Å². The van der Waals surface area contributed by atoms with Crippen molar-refractivity contribution in [1.29, 1.82) is 0 Å². The predicted molar refractivity (Wildman–Crippen MR) is 67.9 cm³/mol. The zero-order chi connectivity index (χ0) is 11.1. The van der Waals surface area contributed by atoms with E-state index in [2.05, 4.69) is 51.5 Å². The Balaban J connectivity index is 2.60. The van der Waals surface area contributed by atoms with E-state index in [4.69, 9.17) is 0 Å². The van der Waals surface area contributed by atoms with Gasteiger partial charge in [-0.2, -0.15) is 0 Å². The molecule has 0 heteroatoms. The number of benzene rings is 1. The third kappa shape index (κ3) is 4.51. The Morgan fingerprint density at radius 2 is 1.93 bits per heavy atom. The molecular weight excluding hydrogens is 180 g/mol. The summed E-state index contributed by atoms with van der Waals surface area (Å²) in [6, 6.07) is 8.79. The highest BCUT2D eigenvalue weighted by atomic mass is 14.1. The number of hydrogen-bond acceptors (Lipinski definition) is 0. The van der Waals surface area contributed by atoms with Crippen molar-refractivity contribution in [2.24, 2.45) is 5.92 Å². The Morgan fingerprint density at radius 3 is 2.60 bits per heavy atom. The van der Waals surface area contributed by atoms with Crippen LogP contribution in [0.15, 0.2) is 24.3 Å². The Hall–Kier alpha value is -0.780. The average Bonchev–Trinajstić information content (AvgIpc) is 2.20. The molecule has 0 aliphatic heterocycles. The first-order valence-electron chi connectivity index (χ1n) is 6.15. The van der Waals surface area contributed by atoms with Crippen LogP contribution in [0.3, 0.4) is 0 Å². The third-order valence-electron chi connectivity index (χ3n) is 2.61. The van der Waals surface area contributed by atoms with E-state index >= 15 is 0 Å². The molecule has 0 spiro atoms. The van der Waals surface area contributed by atoms with Gasteiger partial charge in [0.1, 0.15) is 0 Å². The number of hydrogen-bond donors (Lipinski definition) is 0. The Morgan fingerprint density at radius 1 is 1.20 bits per heavy atom. The van der Waals surface area contributed by atoms with Crippen molar-refractivity contribution in [3.8, 4) is 0 Å². The van der Waals surface area contributed by atoms with Crippen LogP contribution < -0.4 is 0 Å². The second-order valence-corrected chi connectivity index (χ2v) is 4.64. The van der Waals surface area contributed by atoms with Gasteiger partial charge in [-0.25, -0.2) is 0 Å². The average molecular weight is 203 g/mol. The summed E-state index contributed by atoms with van der Waals surface area (Å²) < 4.78 is 0. The number of rotatable bonds is 6. The van der Waals surface area contributed by atoms with E-state index in [0.717, 1.165) is 5.92 Å². The van der Waals surface area contributed by atoms with Gasteiger partial charge in [-0.3, -0.25) is 0 Å². The van der Waals surface area contributed by atoms with Crippen molar-refractivity contribution in [3.63, 3.8) is 0 Å². The molecule has 0 atom stereocenters. The number of unbranched alkanes of at least 4 members (excludes halogenated alkanes) is 2. The molecule has 0 aliphatic rings. The predicted octanol–water partition coefficient (Wildman–Crippen LogP) is 4.63. The maximum Gasteiger partial charge on any atom is -0.00903 e. The zero-order valence-electron chi connectivity index (χ0n) is 10.3. The summed E-state index contributed by atoms with van der Waals surface area (Å²) in [6.07, 6.45) is 7.38. The fourth-order valence-electron chi connectivity index (χ4n) is 1.82. The first-order chi connectivity index (χ1) is 7.24. The molecule has 0 saturated heterocycles. The van der Waals surface area contributed by atoms with Crippen LogP contribution in [0.5, 0.6) is 0 Å². The van der Waals surface area contributed by atoms with Gasteiger partial charge in [-0.15, -0.1) is 0 Å². The van der Waals surface area contributed by atoms with Crippen LogP contribution in [0.25, 0.3) is 0 Å². The lowest BCUT2D eigenvalue weighted by molar-refractivity contribution is 0.644. The fraction of sp³-hybridized carbons (Fsp3) is 0.533. The van der Waals surface area contributed by atoms with E-state index in [0.29, 0.717) is 0 Å². The largest absolute Gasteiger partial charge is 0.0654 e. The summed E-state index contributed by atoms with van der Waals surface area (Å²) in [5.74, 6) is 0.741. The lowest BCUT2D eigenvalue weighted by Crippen LogP contribution is -1.98.